The number of amides is 1. The first kappa shape index (κ1) is 20.5. The number of thiazole rings is 1. The molecular formula is C18H24ClN3O3S. The van der Waals surface area contributed by atoms with Crippen LogP contribution in [0.5, 0.6) is 0 Å². The summed E-state index contributed by atoms with van der Waals surface area (Å²) in [6.45, 7) is 4.39. The van der Waals surface area contributed by atoms with E-state index in [4.69, 9.17) is 9.47 Å². The van der Waals surface area contributed by atoms with Gasteiger partial charge in [0.25, 0.3) is 5.91 Å². The molecule has 0 atom stereocenters. The Bertz CT molecular complexity index is 791. The van der Waals surface area contributed by atoms with E-state index in [1.54, 1.807) is 4.90 Å². The quantitative estimate of drug-likeness (QED) is 0.749. The summed E-state index contributed by atoms with van der Waals surface area (Å²) in [5.74, 6) is 0.0424. The van der Waals surface area contributed by atoms with Gasteiger partial charge in [0.1, 0.15) is 19.5 Å². The van der Waals surface area contributed by atoms with Crippen LogP contribution in [0.25, 0.3) is 10.2 Å². The van der Waals surface area contributed by atoms with Crippen LogP contribution >= 0.6 is 23.7 Å². The molecule has 2 heterocycles. The highest BCUT2D eigenvalue weighted by molar-refractivity contribution is 7.22. The monoisotopic (exact) mass is 397 g/mol. The highest BCUT2D eigenvalue weighted by atomic mass is 35.5. The average molecular weight is 398 g/mol. The van der Waals surface area contributed by atoms with E-state index in [0.29, 0.717) is 24.9 Å². The molecule has 1 aliphatic rings. The van der Waals surface area contributed by atoms with E-state index in [1.807, 2.05) is 26.2 Å². The van der Waals surface area contributed by atoms with Gasteiger partial charge < -0.3 is 14.4 Å². The predicted octanol–water partition coefficient (Wildman–Crippen LogP) is 3.20. The lowest BCUT2D eigenvalue weighted by molar-refractivity contribution is -0.119. The zero-order chi connectivity index (χ0) is 17.8. The molecule has 1 aromatic heterocycles. The summed E-state index contributed by atoms with van der Waals surface area (Å²) < 4.78 is 11.8. The van der Waals surface area contributed by atoms with E-state index in [2.05, 4.69) is 22.9 Å². The van der Waals surface area contributed by atoms with E-state index >= 15 is 0 Å². The largest absolute Gasteiger partial charge is 0.494 e. The lowest BCUT2D eigenvalue weighted by Gasteiger charge is -2.23. The summed E-state index contributed by atoms with van der Waals surface area (Å²) in [6.07, 6.45) is 2.25. The van der Waals surface area contributed by atoms with Crippen molar-refractivity contribution in [2.75, 3.05) is 45.3 Å². The number of carbonyl (C=O) groups is 1. The van der Waals surface area contributed by atoms with Gasteiger partial charge in [-0.25, -0.2) is 4.98 Å². The number of nitrogens with zero attached hydrogens (tertiary/aromatic N) is 3. The Labute approximate surface area is 163 Å². The first-order valence-electron chi connectivity index (χ1n) is 8.33. The van der Waals surface area contributed by atoms with E-state index < -0.39 is 0 Å². The van der Waals surface area contributed by atoms with Crippen LogP contribution in [0.3, 0.4) is 0 Å². The van der Waals surface area contributed by atoms with Gasteiger partial charge in [-0.3, -0.25) is 9.69 Å². The van der Waals surface area contributed by atoms with Crippen LogP contribution in [-0.4, -0.2) is 56.2 Å². The third-order valence-corrected chi connectivity index (χ3v) is 4.90. The number of halogens is 1. The number of benzene rings is 1. The molecule has 142 valence electrons. The summed E-state index contributed by atoms with van der Waals surface area (Å²) in [5.41, 5.74) is 2.09. The number of hydrogen-bond donors (Lipinski definition) is 0. The van der Waals surface area contributed by atoms with Crippen LogP contribution in [0.2, 0.25) is 0 Å². The summed E-state index contributed by atoms with van der Waals surface area (Å²) in [4.78, 5) is 21.4. The molecule has 0 unspecified atom stereocenters. The Morgan fingerprint density at radius 1 is 1.27 bits per heavy atom. The van der Waals surface area contributed by atoms with Crippen LogP contribution in [0.1, 0.15) is 12.0 Å². The minimum Gasteiger partial charge on any atom is -0.494 e. The van der Waals surface area contributed by atoms with Gasteiger partial charge in [0.2, 0.25) is 5.76 Å². The molecule has 0 saturated carbocycles. The smallest absolute Gasteiger partial charge is 0.298 e. The number of anilines is 1. The van der Waals surface area contributed by atoms with Gasteiger partial charge in [-0.05, 0) is 51.7 Å². The normalized spacial score (nSPS) is 13.6. The molecule has 1 aromatic carbocycles. The molecule has 1 amide bonds. The Kier molecular flexibility index (Phi) is 7.25. The molecule has 0 N–H and O–H groups in total. The number of fused-ring (bicyclic) bond motifs is 1. The topological polar surface area (TPSA) is 54.9 Å². The number of hydrogen-bond acceptors (Lipinski definition) is 6. The molecule has 0 spiro atoms. The maximum Gasteiger partial charge on any atom is 0.298 e. The predicted molar refractivity (Wildman–Crippen MR) is 107 cm³/mol. The van der Waals surface area contributed by atoms with E-state index in [1.165, 1.54) is 23.2 Å². The van der Waals surface area contributed by atoms with Crippen molar-refractivity contribution in [1.82, 2.24) is 9.88 Å². The van der Waals surface area contributed by atoms with Crippen molar-refractivity contribution >= 4 is 45.0 Å². The van der Waals surface area contributed by atoms with E-state index in [9.17, 15) is 4.79 Å². The van der Waals surface area contributed by atoms with Crippen LogP contribution in [0.15, 0.2) is 30.2 Å². The zero-order valence-electron chi connectivity index (χ0n) is 15.2. The third-order valence-electron chi connectivity index (χ3n) is 3.86. The molecule has 0 fully saturated rings. The molecule has 0 radical (unpaired) electrons. The minimum atomic E-state index is -0.200. The van der Waals surface area contributed by atoms with E-state index in [-0.39, 0.29) is 24.1 Å². The van der Waals surface area contributed by atoms with Crippen molar-refractivity contribution in [3.05, 3.63) is 35.8 Å². The molecule has 0 aliphatic carbocycles. The van der Waals surface area contributed by atoms with Gasteiger partial charge in [-0.2, -0.15) is 0 Å². The fourth-order valence-electron chi connectivity index (χ4n) is 2.58. The van der Waals surface area contributed by atoms with Crippen molar-refractivity contribution in [3.63, 3.8) is 0 Å². The van der Waals surface area contributed by atoms with Gasteiger partial charge in [0, 0.05) is 6.54 Å². The Hall–Kier alpha value is -1.83. The fourth-order valence-corrected chi connectivity index (χ4v) is 3.67. The van der Waals surface area contributed by atoms with Crippen LogP contribution in [-0.2, 0) is 14.3 Å². The van der Waals surface area contributed by atoms with Crippen molar-refractivity contribution in [2.45, 2.75) is 13.3 Å². The van der Waals surface area contributed by atoms with Crippen molar-refractivity contribution < 1.29 is 14.3 Å². The molecular weight excluding hydrogens is 374 g/mol. The Morgan fingerprint density at radius 2 is 2.08 bits per heavy atom. The number of carbonyl (C=O) groups excluding carboxylic acids is 1. The Balaban J connectivity index is 0.00000243. The fraction of sp³-hybridized carbons (Fsp3) is 0.444. The maximum atomic E-state index is 12.9. The summed E-state index contributed by atoms with van der Waals surface area (Å²) >= 11 is 1.53. The zero-order valence-corrected chi connectivity index (χ0v) is 16.9. The molecule has 8 heteroatoms. The molecule has 0 bridgehead atoms. The number of aryl methyl sites for hydroxylation is 1. The van der Waals surface area contributed by atoms with Gasteiger partial charge in [-0.15, -0.1) is 12.4 Å². The summed E-state index contributed by atoms with van der Waals surface area (Å²) in [5, 5.41) is 0.694. The molecule has 0 saturated heterocycles. The molecule has 26 heavy (non-hydrogen) atoms. The molecule has 3 rings (SSSR count). The molecule has 1 aliphatic heterocycles. The van der Waals surface area contributed by atoms with Gasteiger partial charge in [-0.1, -0.05) is 17.4 Å². The van der Waals surface area contributed by atoms with Crippen molar-refractivity contribution in [2.24, 2.45) is 0 Å². The standard InChI is InChI=1S/C18H23N3O3S.ClH/c1-13-5-6-14-16(11-13)25-18(19-14)21(8-4-7-20(2)3)17(22)15-12-23-9-10-24-15;/h5-6,11-12H,4,7-10H2,1-3H3;1H. The number of aromatic nitrogens is 1. The Morgan fingerprint density at radius 3 is 2.77 bits per heavy atom. The van der Waals surface area contributed by atoms with Gasteiger partial charge in [0.15, 0.2) is 5.13 Å². The maximum absolute atomic E-state index is 12.9. The van der Waals surface area contributed by atoms with Gasteiger partial charge in [0.05, 0.1) is 10.2 Å². The highest BCUT2D eigenvalue weighted by Crippen LogP contribution is 2.30. The number of rotatable bonds is 6. The lowest BCUT2D eigenvalue weighted by Crippen LogP contribution is -2.36. The molecule has 2 aromatic rings. The summed E-state index contributed by atoms with van der Waals surface area (Å²) in [7, 11) is 4.04. The van der Waals surface area contributed by atoms with E-state index in [0.717, 1.165) is 23.2 Å². The average Bonchev–Trinajstić information content (AvgIpc) is 3.01. The second kappa shape index (κ2) is 9.21. The second-order valence-corrected chi connectivity index (χ2v) is 7.29. The van der Waals surface area contributed by atoms with Crippen LogP contribution in [0.4, 0.5) is 5.13 Å². The summed E-state index contributed by atoms with van der Waals surface area (Å²) in [6, 6.07) is 6.12. The van der Waals surface area contributed by atoms with Gasteiger partial charge >= 0.3 is 0 Å². The molecule has 6 nitrogen and oxygen atoms in total. The number of ether oxygens (including phenoxy) is 2. The second-order valence-electron chi connectivity index (χ2n) is 6.28. The SMILES string of the molecule is Cc1ccc2nc(N(CCCN(C)C)C(=O)C3=COCCO3)sc2c1.Cl. The lowest BCUT2D eigenvalue weighted by atomic mass is 10.2. The highest BCUT2D eigenvalue weighted by Gasteiger charge is 2.26. The van der Waals surface area contributed by atoms with Crippen LogP contribution < -0.4 is 4.90 Å². The first-order valence-corrected chi connectivity index (χ1v) is 9.14. The third kappa shape index (κ3) is 4.87. The first-order chi connectivity index (χ1) is 12.0. The minimum absolute atomic E-state index is 0. The van der Waals surface area contributed by atoms with Crippen molar-refractivity contribution in [1.29, 1.82) is 0 Å². The van der Waals surface area contributed by atoms with Crippen molar-refractivity contribution in [3.8, 4) is 0 Å². The van der Waals surface area contributed by atoms with Crippen LogP contribution in [0, 0.1) is 6.92 Å².